The fourth-order valence-electron chi connectivity index (χ4n) is 1.18. The third-order valence-corrected chi connectivity index (χ3v) is 2.20. The Balaban J connectivity index is 2.72. The zero-order valence-corrected chi connectivity index (χ0v) is 10.3. The second kappa shape index (κ2) is 6.10. The van der Waals surface area contributed by atoms with Crippen molar-refractivity contribution in [2.75, 3.05) is 6.54 Å². The minimum Gasteiger partial charge on any atom is -0.462 e. The molecule has 0 bridgehead atoms. The smallest absolute Gasteiger partial charge is 0.285 e. The molecule has 1 rings (SSSR count). The van der Waals surface area contributed by atoms with Crippen molar-refractivity contribution in [2.24, 2.45) is 0 Å². The van der Waals surface area contributed by atoms with E-state index in [1.165, 1.54) is 18.2 Å². The summed E-state index contributed by atoms with van der Waals surface area (Å²) >= 11 is 3.61. The summed E-state index contributed by atoms with van der Waals surface area (Å²) in [7, 11) is 0. The monoisotopic (exact) mass is 251 g/mol. The van der Waals surface area contributed by atoms with Crippen LogP contribution in [-0.4, -0.2) is 22.6 Å². The molecular formula is C12H13NO3S. The molecule has 0 unspecified atom stereocenters. The van der Waals surface area contributed by atoms with Crippen LogP contribution in [0.1, 0.15) is 11.5 Å². The molecule has 0 saturated heterocycles. The van der Waals surface area contributed by atoms with Gasteiger partial charge < -0.3 is 4.42 Å². The summed E-state index contributed by atoms with van der Waals surface area (Å²) in [5.41, 5.74) is 0. The van der Waals surface area contributed by atoms with Gasteiger partial charge in [0.25, 0.3) is 11.1 Å². The number of nitrogens with zero attached hydrogens (tertiary/aromatic N) is 1. The summed E-state index contributed by atoms with van der Waals surface area (Å²) in [5.74, 6) is 0.852. The minimum atomic E-state index is -0.616. The van der Waals surface area contributed by atoms with Crippen molar-refractivity contribution >= 4 is 29.9 Å². The number of amides is 2. The number of imide groups is 1. The van der Waals surface area contributed by atoms with Crippen LogP contribution in [-0.2, 0) is 4.79 Å². The van der Waals surface area contributed by atoms with Gasteiger partial charge in [-0.15, -0.1) is 6.58 Å². The van der Waals surface area contributed by atoms with Gasteiger partial charge in [-0.05, 0) is 25.1 Å². The molecule has 0 aliphatic carbocycles. The van der Waals surface area contributed by atoms with E-state index in [0.29, 0.717) is 5.76 Å². The number of aryl methyl sites for hydroxylation is 1. The van der Waals surface area contributed by atoms with Crippen LogP contribution in [0.4, 0.5) is 4.79 Å². The molecule has 1 heterocycles. The van der Waals surface area contributed by atoms with Crippen LogP contribution in [0.25, 0.3) is 6.08 Å². The number of hydrogen-bond acceptors (Lipinski definition) is 3. The first-order chi connectivity index (χ1) is 8.04. The minimum absolute atomic E-state index is 0.128. The maximum atomic E-state index is 11.6. The maximum absolute atomic E-state index is 11.6. The molecule has 0 aromatic carbocycles. The lowest BCUT2D eigenvalue weighted by atomic mass is 10.3. The first kappa shape index (κ1) is 13.3. The molecule has 0 radical (unpaired) electrons. The van der Waals surface area contributed by atoms with E-state index >= 15 is 0 Å². The Labute approximate surface area is 105 Å². The topological polar surface area (TPSA) is 50.5 Å². The molecule has 1 aromatic heterocycles. The molecule has 0 N–H and O–H groups in total. The number of furan rings is 1. The molecule has 0 aliphatic rings. The highest BCUT2D eigenvalue weighted by Crippen LogP contribution is 2.08. The summed E-state index contributed by atoms with van der Waals surface area (Å²) < 4.78 is 5.25. The Morgan fingerprint density at radius 3 is 2.71 bits per heavy atom. The second-order valence-corrected chi connectivity index (χ2v) is 3.68. The van der Waals surface area contributed by atoms with Crippen molar-refractivity contribution in [1.82, 2.24) is 4.90 Å². The highest BCUT2D eigenvalue weighted by Gasteiger charge is 2.14. The average Bonchev–Trinajstić information content (AvgIpc) is 2.68. The summed E-state index contributed by atoms with van der Waals surface area (Å²) in [5, 5.41) is -0.616. The van der Waals surface area contributed by atoms with Gasteiger partial charge in [-0.1, -0.05) is 18.7 Å². The lowest BCUT2D eigenvalue weighted by Gasteiger charge is -2.13. The van der Waals surface area contributed by atoms with E-state index in [9.17, 15) is 9.59 Å². The first-order valence-corrected chi connectivity index (χ1v) is 5.39. The Morgan fingerprint density at radius 1 is 1.53 bits per heavy atom. The number of carbonyl (C=O) groups excluding carboxylic acids is 2. The zero-order chi connectivity index (χ0) is 12.8. The Bertz CT molecular complexity index is 462. The van der Waals surface area contributed by atoms with Crippen molar-refractivity contribution in [2.45, 2.75) is 6.92 Å². The lowest BCUT2D eigenvalue weighted by molar-refractivity contribution is -0.122. The number of carbonyl (C=O) groups is 2. The average molecular weight is 251 g/mol. The number of thiol groups is 1. The fraction of sp³-hybridized carbons (Fsp3) is 0.167. The van der Waals surface area contributed by atoms with Gasteiger partial charge in [0.05, 0.1) is 0 Å². The molecule has 4 nitrogen and oxygen atoms in total. The third-order valence-electron chi connectivity index (χ3n) is 1.96. The van der Waals surface area contributed by atoms with Crippen LogP contribution < -0.4 is 0 Å². The zero-order valence-electron chi connectivity index (χ0n) is 9.42. The lowest BCUT2D eigenvalue weighted by Crippen LogP contribution is -2.31. The fourth-order valence-corrected chi connectivity index (χ4v) is 1.36. The van der Waals surface area contributed by atoms with E-state index in [1.807, 2.05) is 0 Å². The number of rotatable bonds is 4. The van der Waals surface area contributed by atoms with Crippen molar-refractivity contribution in [3.05, 3.63) is 42.4 Å². The van der Waals surface area contributed by atoms with Crippen LogP contribution in [0.2, 0.25) is 0 Å². The standard InChI is InChI=1S/C12H13NO3S/c1-3-8-13(12(15)17)11(14)7-6-10-5-4-9(2)16-10/h3-7H,1,8H2,2H3,(H,15,17)/b7-6+. The normalized spacial score (nSPS) is 10.5. The van der Waals surface area contributed by atoms with E-state index in [-0.39, 0.29) is 6.54 Å². The molecular weight excluding hydrogens is 238 g/mol. The highest BCUT2D eigenvalue weighted by atomic mass is 32.1. The van der Waals surface area contributed by atoms with Crippen molar-refractivity contribution in [3.8, 4) is 0 Å². The quantitative estimate of drug-likeness (QED) is 0.508. The van der Waals surface area contributed by atoms with Gasteiger partial charge in [-0.3, -0.25) is 14.5 Å². The Morgan fingerprint density at radius 2 is 2.24 bits per heavy atom. The van der Waals surface area contributed by atoms with Crippen molar-refractivity contribution < 1.29 is 14.0 Å². The predicted octanol–water partition coefficient (Wildman–Crippen LogP) is 2.67. The van der Waals surface area contributed by atoms with Crippen LogP contribution in [0.15, 0.2) is 35.3 Å². The maximum Gasteiger partial charge on any atom is 0.285 e. The summed E-state index contributed by atoms with van der Waals surface area (Å²) in [4.78, 5) is 23.7. The molecule has 0 saturated carbocycles. The molecule has 1 aromatic rings. The van der Waals surface area contributed by atoms with Crippen LogP contribution >= 0.6 is 12.6 Å². The van der Waals surface area contributed by atoms with Gasteiger partial charge in [0, 0.05) is 12.6 Å². The van der Waals surface area contributed by atoms with Gasteiger partial charge in [0.15, 0.2) is 0 Å². The largest absolute Gasteiger partial charge is 0.462 e. The van der Waals surface area contributed by atoms with Crippen LogP contribution in [0.5, 0.6) is 0 Å². The molecule has 0 aliphatic heterocycles. The summed E-state index contributed by atoms with van der Waals surface area (Å²) in [6.07, 6.45) is 4.22. The van der Waals surface area contributed by atoms with E-state index in [4.69, 9.17) is 4.42 Å². The van der Waals surface area contributed by atoms with Gasteiger partial charge >= 0.3 is 0 Å². The molecule has 0 fully saturated rings. The molecule has 2 amide bonds. The third kappa shape index (κ3) is 3.96. The molecule has 5 heteroatoms. The van der Waals surface area contributed by atoms with Gasteiger partial charge in [-0.25, -0.2) is 0 Å². The van der Waals surface area contributed by atoms with E-state index in [0.717, 1.165) is 10.7 Å². The van der Waals surface area contributed by atoms with Crippen LogP contribution in [0.3, 0.4) is 0 Å². The SMILES string of the molecule is C=CCN(C(=O)S)C(=O)/C=C/c1ccc(C)o1. The van der Waals surface area contributed by atoms with E-state index in [1.54, 1.807) is 19.1 Å². The van der Waals surface area contributed by atoms with Gasteiger partial charge in [0.1, 0.15) is 11.5 Å². The van der Waals surface area contributed by atoms with Gasteiger partial charge in [0.2, 0.25) is 0 Å². The molecule has 0 atom stereocenters. The Hall–Kier alpha value is -1.75. The first-order valence-electron chi connectivity index (χ1n) is 4.94. The summed E-state index contributed by atoms with van der Waals surface area (Å²) in [6.45, 7) is 5.40. The number of hydrogen-bond donors (Lipinski definition) is 1. The predicted molar refractivity (Wildman–Crippen MR) is 68.8 cm³/mol. The van der Waals surface area contributed by atoms with Crippen molar-refractivity contribution in [1.29, 1.82) is 0 Å². The van der Waals surface area contributed by atoms with E-state index < -0.39 is 11.1 Å². The van der Waals surface area contributed by atoms with Crippen molar-refractivity contribution in [3.63, 3.8) is 0 Å². The summed E-state index contributed by atoms with van der Waals surface area (Å²) in [6, 6.07) is 3.52. The second-order valence-electron chi connectivity index (χ2n) is 3.30. The highest BCUT2D eigenvalue weighted by molar-refractivity contribution is 7.96. The molecule has 90 valence electrons. The van der Waals surface area contributed by atoms with Gasteiger partial charge in [-0.2, -0.15) is 0 Å². The Kier molecular flexibility index (Phi) is 4.78. The molecule has 17 heavy (non-hydrogen) atoms. The van der Waals surface area contributed by atoms with E-state index in [2.05, 4.69) is 19.2 Å². The van der Waals surface area contributed by atoms with Crippen LogP contribution in [0, 0.1) is 6.92 Å². The molecule has 0 spiro atoms.